The van der Waals surface area contributed by atoms with Crippen molar-refractivity contribution in [2.24, 2.45) is 5.73 Å². The second kappa shape index (κ2) is 6.57. The summed E-state index contributed by atoms with van der Waals surface area (Å²) in [4.78, 5) is 10.6. The van der Waals surface area contributed by atoms with E-state index in [4.69, 9.17) is 10.5 Å². The first-order valence-corrected chi connectivity index (χ1v) is 6.85. The van der Waals surface area contributed by atoms with Crippen molar-refractivity contribution >= 4 is 5.91 Å². The summed E-state index contributed by atoms with van der Waals surface area (Å²) in [7, 11) is 1.72. The molecule has 0 saturated heterocycles. The monoisotopic (exact) mass is 262 g/mol. The molecule has 1 aliphatic carbocycles. The SMILES string of the molecule is COc1ccccc1C1CC(NCCCC(N)=O)C1. The maximum Gasteiger partial charge on any atom is 0.217 e. The van der Waals surface area contributed by atoms with Crippen molar-refractivity contribution in [1.82, 2.24) is 5.32 Å². The van der Waals surface area contributed by atoms with E-state index in [1.165, 1.54) is 5.56 Å². The molecule has 0 bridgehead atoms. The number of methoxy groups -OCH3 is 1. The van der Waals surface area contributed by atoms with Crippen molar-refractivity contribution in [3.63, 3.8) is 0 Å². The molecule has 0 heterocycles. The van der Waals surface area contributed by atoms with Crippen molar-refractivity contribution in [1.29, 1.82) is 0 Å². The number of hydrogen-bond acceptors (Lipinski definition) is 3. The molecule has 0 aliphatic heterocycles. The van der Waals surface area contributed by atoms with Gasteiger partial charge in [0.15, 0.2) is 0 Å². The number of ether oxygens (including phenoxy) is 1. The number of benzene rings is 1. The van der Waals surface area contributed by atoms with Crippen LogP contribution in [0.25, 0.3) is 0 Å². The van der Waals surface area contributed by atoms with Gasteiger partial charge in [-0.05, 0) is 43.4 Å². The van der Waals surface area contributed by atoms with Crippen molar-refractivity contribution < 1.29 is 9.53 Å². The zero-order valence-electron chi connectivity index (χ0n) is 11.4. The lowest BCUT2D eigenvalue weighted by Gasteiger charge is -2.37. The van der Waals surface area contributed by atoms with E-state index < -0.39 is 0 Å². The van der Waals surface area contributed by atoms with Crippen LogP contribution in [0.5, 0.6) is 5.75 Å². The number of nitrogens with two attached hydrogens (primary N) is 1. The average molecular weight is 262 g/mol. The van der Waals surface area contributed by atoms with E-state index in [2.05, 4.69) is 17.4 Å². The standard InChI is InChI=1S/C15H22N2O2/c1-19-14-6-3-2-5-13(14)11-9-12(10-11)17-8-4-7-15(16)18/h2-3,5-6,11-12,17H,4,7-10H2,1H3,(H2,16,18). The molecule has 0 aromatic heterocycles. The molecule has 0 atom stereocenters. The first-order chi connectivity index (χ1) is 9.20. The van der Waals surface area contributed by atoms with Gasteiger partial charge in [-0.15, -0.1) is 0 Å². The predicted molar refractivity (Wildman–Crippen MR) is 75.2 cm³/mol. The smallest absolute Gasteiger partial charge is 0.217 e. The van der Waals surface area contributed by atoms with Crippen LogP contribution in [0.15, 0.2) is 24.3 Å². The second-order valence-corrected chi connectivity index (χ2v) is 5.13. The molecule has 0 spiro atoms. The molecule has 1 aromatic rings. The average Bonchev–Trinajstić information content (AvgIpc) is 2.36. The fourth-order valence-electron chi connectivity index (χ4n) is 2.61. The predicted octanol–water partition coefficient (Wildman–Crippen LogP) is 1.80. The summed E-state index contributed by atoms with van der Waals surface area (Å²) in [6.45, 7) is 0.867. The molecule has 4 nitrogen and oxygen atoms in total. The Balaban J connectivity index is 1.72. The van der Waals surface area contributed by atoms with Crippen molar-refractivity contribution in [3.8, 4) is 5.75 Å². The third-order valence-electron chi connectivity index (χ3n) is 3.75. The van der Waals surface area contributed by atoms with Gasteiger partial charge >= 0.3 is 0 Å². The quantitative estimate of drug-likeness (QED) is 0.736. The highest BCUT2D eigenvalue weighted by atomic mass is 16.5. The normalized spacial score (nSPS) is 21.7. The first-order valence-electron chi connectivity index (χ1n) is 6.85. The maximum atomic E-state index is 10.6. The number of rotatable bonds is 7. The number of primary amides is 1. The number of carbonyl (C=O) groups excluding carboxylic acids is 1. The van der Waals surface area contributed by atoms with E-state index in [0.29, 0.717) is 18.4 Å². The number of hydrogen-bond donors (Lipinski definition) is 2. The van der Waals surface area contributed by atoms with Crippen LogP contribution in [0.3, 0.4) is 0 Å². The minimum absolute atomic E-state index is 0.220. The number of amides is 1. The van der Waals surface area contributed by atoms with Gasteiger partial charge < -0.3 is 15.8 Å². The summed E-state index contributed by atoms with van der Waals surface area (Å²) in [5.41, 5.74) is 6.41. The summed E-state index contributed by atoms with van der Waals surface area (Å²) in [6.07, 6.45) is 3.56. The lowest BCUT2D eigenvalue weighted by molar-refractivity contribution is -0.118. The Morgan fingerprint density at radius 2 is 2.16 bits per heavy atom. The van der Waals surface area contributed by atoms with Crippen LogP contribution >= 0.6 is 0 Å². The molecule has 3 N–H and O–H groups in total. The topological polar surface area (TPSA) is 64.3 Å². The van der Waals surface area contributed by atoms with Crippen LogP contribution in [0.1, 0.15) is 37.2 Å². The van der Waals surface area contributed by atoms with Crippen LogP contribution in [0.2, 0.25) is 0 Å². The van der Waals surface area contributed by atoms with E-state index in [9.17, 15) is 4.79 Å². The molecule has 4 heteroatoms. The molecular formula is C15H22N2O2. The molecule has 2 rings (SSSR count). The zero-order valence-corrected chi connectivity index (χ0v) is 11.4. The van der Waals surface area contributed by atoms with E-state index in [0.717, 1.165) is 31.6 Å². The van der Waals surface area contributed by atoms with Crippen LogP contribution in [-0.2, 0) is 4.79 Å². The summed E-state index contributed by atoms with van der Waals surface area (Å²) in [5.74, 6) is 1.35. The van der Waals surface area contributed by atoms with Gasteiger partial charge in [-0.3, -0.25) is 4.79 Å². The highest BCUT2D eigenvalue weighted by molar-refractivity contribution is 5.73. The highest BCUT2D eigenvalue weighted by Crippen LogP contribution is 2.40. The van der Waals surface area contributed by atoms with Gasteiger partial charge in [-0.2, -0.15) is 0 Å². The van der Waals surface area contributed by atoms with E-state index in [1.54, 1.807) is 7.11 Å². The Labute approximate surface area is 114 Å². The zero-order chi connectivity index (χ0) is 13.7. The third-order valence-corrected chi connectivity index (χ3v) is 3.75. The molecule has 0 unspecified atom stereocenters. The van der Waals surface area contributed by atoms with Gasteiger partial charge in [0, 0.05) is 12.5 Å². The maximum absolute atomic E-state index is 10.6. The van der Waals surface area contributed by atoms with E-state index in [1.807, 2.05) is 12.1 Å². The minimum atomic E-state index is -0.220. The summed E-state index contributed by atoms with van der Waals surface area (Å²) in [5, 5.41) is 3.46. The number of para-hydroxylation sites is 1. The molecule has 1 amide bonds. The van der Waals surface area contributed by atoms with Crippen LogP contribution in [0.4, 0.5) is 0 Å². The molecule has 1 aliphatic rings. The Kier molecular flexibility index (Phi) is 4.80. The fraction of sp³-hybridized carbons (Fsp3) is 0.533. The van der Waals surface area contributed by atoms with Gasteiger partial charge in [-0.25, -0.2) is 0 Å². The molecule has 1 fully saturated rings. The first kappa shape index (κ1) is 13.9. The molecule has 0 radical (unpaired) electrons. The summed E-state index contributed by atoms with van der Waals surface area (Å²) >= 11 is 0. The van der Waals surface area contributed by atoms with Gasteiger partial charge in [0.2, 0.25) is 5.91 Å². The van der Waals surface area contributed by atoms with Crippen molar-refractivity contribution in [2.75, 3.05) is 13.7 Å². The second-order valence-electron chi connectivity index (χ2n) is 5.13. The van der Waals surface area contributed by atoms with Gasteiger partial charge in [0.25, 0.3) is 0 Å². The molecule has 104 valence electrons. The van der Waals surface area contributed by atoms with Crippen LogP contribution in [-0.4, -0.2) is 25.6 Å². The fourth-order valence-corrected chi connectivity index (χ4v) is 2.61. The summed E-state index contributed by atoms with van der Waals surface area (Å²) < 4.78 is 5.39. The Morgan fingerprint density at radius 3 is 2.84 bits per heavy atom. The number of nitrogens with one attached hydrogen (secondary N) is 1. The molecule has 1 saturated carbocycles. The molecule has 19 heavy (non-hydrogen) atoms. The van der Waals surface area contributed by atoms with E-state index >= 15 is 0 Å². The van der Waals surface area contributed by atoms with Gasteiger partial charge in [-0.1, -0.05) is 18.2 Å². The van der Waals surface area contributed by atoms with E-state index in [-0.39, 0.29) is 5.91 Å². The van der Waals surface area contributed by atoms with Gasteiger partial charge in [0.05, 0.1) is 7.11 Å². The van der Waals surface area contributed by atoms with Crippen LogP contribution in [0, 0.1) is 0 Å². The largest absolute Gasteiger partial charge is 0.496 e. The Bertz CT molecular complexity index is 428. The lowest BCUT2D eigenvalue weighted by Crippen LogP contribution is -2.40. The lowest BCUT2D eigenvalue weighted by atomic mass is 9.75. The van der Waals surface area contributed by atoms with Crippen molar-refractivity contribution in [3.05, 3.63) is 29.8 Å². The summed E-state index contributed by atoms with van der Waals surface area (Å²) in [6, 6.07) is 8.78. The van der Waals surface area contributed by atoms with Gasteiger partial charge in [0.1, 0.15) is 5.75 Å². The molecule has 1 aromatic carbocycles. The Hall–Kier alpha value is -1.55. The third kappa shape index (κ3) is 3.70. The molecular weight excluding hydrogens is 240 g/mol. The minimum Gasteiger partial charge on any atom is -0.496 e. The van der Waals surface area contributed by atoms with Crippen molar-refractivity contribution in [2.45, 2.75) is 37.6 Å². The highest BCUT2D eigenvalue weighted by Gasteiger charge is 2.31. The van der Waals surface area contributed by atoms with Crippen LogP contribution < -0.4 is 15.8 Å². The Morgan fingerprint density at radius 1 is 1.42 bits per heavy atom. The number of carbonyl (C=O) groups is 1.